The van der Waals surface area contributed by atoms with Gasteiger partial charge in [-0.3, -0.25) is 0 Å². The van der Waals surface area contributed by atoms with E-state index >= 15 is 0 Å². The monoisotopic (exact) mass is 236 g/mol. The van der Waals surface area contributed by atoms with Crippen molar-refractivity contribution in [2.75, 3.05) is 0 Å². The third-order valence-corrected chi connectivity index (χ3v) is 3.61. The van der Waals surface area contributed by atoms with Crippen LogP contribution < -0.4 is 0 Å². The molecule has 18 heavy (non-hydrogen) atoms. The quantitative estimate of drug-likeness (QED) is 0.737. The van der Waals surface area contributed by atoms with Crippen molar-refractivity contribution < 1.29 is 9.31 Å². The Balaban J connectivity index is 2.27. The van der Waals surface area contributed by atoms with Gasteiger partial charge in [0, 0.05) is 0 Å². The van der Waals surface area contributed by atoms with E-state index in [0.29, 0.717) is 0 Å². The highest BCUT2D eigenvalue weighted by molar-refractivity contribution is 5.99. The summed E-state index contributed by atoms with van der Waals surface area (Å²) in [5.41, 5.74) is 4.89. The number of rotatable bonds is 2. The van der Waals surface area contributed by atoms with Crippen molar-refractivity contribution in [1.82, 2.24) is 0 Å². The Morgan fingerprint density at radius 1 is 0.667 bits per heavy atom. The van der Waals surface area contributed by atoms with E-state index in [1.54, 1.807) is 16.1 Å². The zero-order valence-corrected chi connectivity index (χ0v) is 10.6. The van der Waals surface area contributed by atoms with Gasteiger partial charge >= 0.3 is 0 Å². The fourth-order valence-electron chi connectivity index (χ4n) is 2.81. The molecule has 2 atom stereocenters. The maximum Gasteiger partial charge on any atom is 0.258 e. The molecular formula is C14H14B2O2. The first-order valence-electron chi connectivity index (χ1n) is 6.10. The zero-order chi connectivity index (χ0) is 12.5. The average Bonchev–Trinajstić information content (AvgIpc) is 2.45. The lowest BCUT2D eigenvalue weighted by Crippen LogP contribution is -2.21. The Bertz CT molecular complexity index is 520. The minimum atomic E-state index is -0.0406. The third-order valence-electron chi connectivity index (χ3n) is 3.61. The van der Waals surface area contributed by atoms with E-state index in [2.05, 4.69) is 36.4 Å². The summed E-state index contributed by atoms with van der Waals surface area (Å²) in [4.78, 5) is 0. The fourth-order valence-corrected chi connectivity index (χ4v) is 2.81. The van der Waals surface area contributed by atoms with Crippen molar-refractivity contribution in [2.45, 2.75) is 12.2 Å². The van der Waals surface area contributed by atoms with E-state index in [9.17, 15) is 0 Å². The van der Waals surface area contributed by atoms with Gasteiger partial charge in [0.25, 0.3) is 16.1 Å². The molecule has 0 N–H and O–H groups in total. The summed E-state index contributed by atoms with van der Waals surface area (Å²) in [6, 6.07) is 16.7. The highest BCUT2D eigenvalue weighted by Crippen LogP contribution is 2.46. The first-order chi connectivity index (χ1) is 8.86. The first kappa shape index (κ1) is 11.6. The Labute approximate surface area is 109 Å². The second-order valence-electron chi connectivity index (χ2n) is 4.49. The largest absolute Gasteiger partial charge is 0.435 e. The minimum absolute atomic E-state index is 0.0406. The van der Waals surface area contributed by atoms with Gasteiger partial charge in [-0.1, -0.05) is 48.5 Å². The average molecular weight is 236 g/mol. The normalized spacial score (nSPS) is 21.1. The molecule has 88 valence electrons. The Hall–Kier alpha value is -1.51. The van der Waals surface area contributed by atoms with Crippen molar-refractivity contribution in [2.24, 2.45) is 0 Å². The van der Waals surface area contributed by atoms with E-state index in [0.717, 1.165) is 0 Å². The van der Waals surface area contributed by atoms with Crippen LogP contribution in [-0.2, 0) is 9.31 Å². The van der Waals surface area contributed by atoms with Gasteiger partial charge < -0.3 is 9.31 Å². The van der Waals surface area contributed by atoms with E-state index in [1.807, 2.05) is 12.1 Å². The van der Waals surface area contributed by atoms with Crippen molar-refractivity contribution >= 4 is 16.1 Å². The number of benzene rings is 2. The molecule has 0 bridgehead atoms. The van der Waals surface area contributed by atoms with Gasteiger partial charge in [0.15, 0.2) is 0 Å². The molecule has 2 aromatic rings. The first-order valence-corrected chi connectivity index (χ1v) is 6.10. The molecule has 3 rings (SSSR count). The van der Waals surface area contributed by atoms with Crippen LogP contribution in [-0.4, -0.2) is 16.1 Å². The lowest BCUT2D eigenvalue weighted by atomic mass is 9.81. The number of hydrogen-bond acceptors (Lipinski definition) is 2. The molecule has 1 aliphatic carbocycles. The Kier molecular flexibility index (Phi) is 2.98. The maximum absolute atomic E-state index is 5.65. The summed E-state index contributed by atoms with van der Waals surface area (Å²) in [5.74, 6) is 0. The highest BCUT2D eigenvalue weighted by Gasteiger charge is 2.32. The second kappa shape index (κ2) is 4.63. The van der Waals surface area contributed by atoms with Gasteiger partial charge in [-0.25, -0.2) is 0 Å². The van der Waals surface area contributed by atoms with Gasteiger partial charge in [0.05, 0.1) is 12.2 Å². The lowest BCUT2D eigenvalue weighted by Gasteiger charge is -2.34. The van der Waals surface area contributed by atoms with Gasteiger partial charge in [-0.15, -0.1) is 0 Å². The van der Waals surface area contributed by atoms with Gasteiger partial charge in [0.1, 0.15) is 0 Å². The molecular weight excluding hydrogens is 222 g/mol. The zero-order valence-electron chi connectivity index (χ0n) is 10.6. The summed E-state index contributed by atoms with van der Waals surface area (Å²) in [6.45, 7) is 0. The van der Waals surface area contributed by atoms with E-state index in [4.69, 9.17) is 9.31 Å². The van der Waals surface area contributed by atoms with Crippen LogP contribution in [0.25, 0.3) is 11.1 Å². The molecule has 0 spiro atoms. The summed E-state index contributed by atoms with van der Waals surface area (Å²) in [6.07, 6.45) is -0.0813. The summed E-state index contributed by atoms with van der Waals surface area (Å²) in [5, 5.41) is 0. The van der Waals surface area contributed by atoms with E-state index in [1.165, 1.54) is 22.3 Å². The molecule has 0 saturated carbocycles. The predicted octanol–water partition coefficient (Wildman–Crippen LogP) is 1.58. The fraction of sp³-hybridized carbons (Fsp3) is 0.143. The van der Waals surface area contributed by atoms with Crippen LogP contribution in [0.5, 0.6) is 0 Å². The van der Waals surface area contributed by atoms with Crippen LogP contribution in [0.3, 0.4) is 0 Å². The summed E-state index contributed by atoms with van der Waals surface area (Å²) < 4.78 is 11.3. The third kappa shape index (κ3) is 1.61. The van der Waals surface area contributed by atoms with Gasteiger partial charge in [0.2, 0.25) is 0 Å². The summed E-state index contributed by atoms with van der Waals surface area (Å²) >= 11 is 0. The molecule has 0 aromatic heterocycles. The Morgan fingerprint density at radius 2 is 1.06 bits per heavy atom. The van der Waals surface area contributed by atoms with Crippen LogP contribution in [0.2, 0.25) is 0 Å². The molecule has 0 saturated heterocycles. The van der Waals surface area contributed by atoms with Crippen LogP contribution in [0.15, 0.2) is 48.5 Å². The highest BCUT2D eigenvalue weighted by atomic mass is 16.5. The standard InChI is InChI=1S/C14H14B2O2/c15-17-13-11-7-3-1-5-9(11)10-6-2-4-8-12(10)14(13)18-16/h1-8,13-14H,15-16H2. The van der Waals surface area contributed by atoms with Crippen molar-refractivity contribution in [3.05, 3.63) is 59.7 Å². The van der Waals surface area contributed by atoms with Crippen LogP contribution >= 0.6 is 0 Å². The molecule has 1 aliphatic rings. The van der Waals surface area contributed by atoms with Crippen molar-refractivity contribution in [3.63, 3.8) is 0 Å². The van der Waals surface area contributed by atoms with Crippen LogP contribution in [0, 0.1) is 0 Å². The molecule has 0 radical (unpaired) electrons. The molecule has 2 aromatic carbocycles. The smallest absolute Gasteiger partial charge is 0.258 e. The topological polar surface area (TPSA) is 18.5 Å². The SMILES string of the molecule is BOC1c2ccccc2-c2ccccc2C1OB. The molecule has 0 amide bonds. The maximum atomic E-state index is 5.65. The van der Waals surface area contributed by atoms with Crippen LogP contribution in [0.1, 0.15) is 23.3 Å². The molecule has 2 unspecified atom stereocenters. The summed E-state index contributed by atoms with van der Waals surface area (Å²) in [7, 11) is 3.47. The molecule has 0 fully saturated rings. The second-order valence-corrected chi connectivity index (χ2v) is 4.49. The van der Waals surface area contributed by atoms with E-state index in [-0.39, 0.29) is 12.2 Å². The number of fused-ring (bicyclic) bond motifs is 3. The molecule has 0 heterocycles. The van der Waals surface area contributed by atoms with Crippen molar-refractivity contribution in [1.29, 1.82) is 0 Å². The van der Waals surface area contributed by atoms with Gasteiger partial charge in [-0.05, 0) is 22.3 Å². The molecule has 0 aliphatic heterocycles. The van der Waals surface area contributed by atoms with Crippen molar-refractivity contribution in [3.8, 4) is 11.1 Å². The number of hydrogen-bond donors (Lipinski definition) is 0. The van der Waals surface area contributed by atoms with E-state index < -0.39 is 0 Å². The molecule has 2 nitrogen and oxygen atoms in total. The predicted molar refractivity (Wildman–Crippen MR) is 76.6 cm³/mol. The molecule has 4 heteroatoms. The van der Waals surface area contributed by atoms with Crippen LogP contribution in [0.4, 0.5) is 0 Å². The minimum Gasteiger partial charge on any atom is -0.435 e. The Morgan fingerprint density at radius 3 is 1.44 bits per heavy atom. The van der Waals surface area contributed by atoms with Gasteiger partial charge in [-0.2, -0.15) is 0 Å². The lowest BCUT2D eigenvalue weighted by molar-refractivity contribution is 0.0642.